The third kappa shape index (κ3) is 2.63. The quantitative estimate of drug-likeness (QED) is 0.756. The van der Waals surface area contributed by atoms with Crippen LogP contribution in [0.4, 0.5) is 0 Å². The van der Waals surface area contributed by atoms with E-state index in [0.29, 0.717) is 5.41 Å². The Morgan fingerprint density at radius 2 is 2.00 bits per heavy atom. The van der Waals surface area contributed by atoms with Crippen LogP contribution in [0.25, 0.3) is 11.1 Å². The van der Waals surface area contributed by atoms with Gasteiger partial charge in [-0.2, -0.15) is 0 Å². The fourth-order valence-electron chi connectivity index (χ4n) is 1.76. The largest absolute Gasteiger partial charge is 0.441 e. The van der Waals surface area contributed by atoms with Gasteiger partial charge in [0.1, 0.15) is 5.52 Å². The summed E-state index contributed by atoms with van der Waals surface area (Å²) in [6.07, 6.45) is 2.28. The summed E-state index contributed by atoms with van der Waals surface area (Å²) in [6, 6.07) is 6.31. The molecule has 0 atom stereocenters. The molecule has 0 bridgehead atoms. The van der Waals surface area contributed by atoms with Crippen LogP contribution in [-0.2, 0) is 6.42 Å². The number of aromatic nitrogens is 1. The summed E-state index contributed by atoms with van der Waals surface area (Å²) in [5, 5.41) is 0. The Morgan fingerprint density at radius 3 is 2.69 bits per heavy atom. The second kappa shape index (κ2) is 3.93. The van der Waals surface area contributed by atoms with E-state index < -0.39 is 0 Å². The maximum atomic E-state index is 5.53. The predicted molar refractivity (Wildman–Crippen MR) is 66.5 cm³/mol. The molecule has 0 saturated carbocycles. The summed E-state index contributed by atoms with van der Waals surface area (Å²) < 4.78 is 5.53. The Kier molecular flexibility index (Phi) is 2.75. The minimum atomic E-state index is 0.381. The molecule has 0 unspecified atom stereocenters. The van der Waals surface area contributed by atoms with Crippen LogP contribution in [0.5, 0.6) is 0 Å². The van der Waals surface area contributed by atoms with Crippen LogP contribution in [0.2, 0.25) is 0 Å². The third-order valence-electron chi connectivity index (χ3n) is 2.72. The summed E-state index contributed by atoms with van der Waals surface area (Å²) in [5.74, 6) is 0.739. The van der Waals surface area contributed by atoms with E-state index in [0.717, 1.165) is 23.4 Å². The Hall–Kier alpha value is -1.31. The van der Waals surface area contributed by atoms with Crippen LogP contribution in [0, 0.1) is 12.3 Å². The van der Waals surface area contributed by atoms with E-state index in [9.17, 15) is 0 Å². The number of rotatable bonds is 2. The molecule has 0 amide bonds. The molecular formula is C14H19NO. The number of nitrogens with zero attached hydrogens (tertiary/aromatic N) is 1. The van der Waals surface area contributed by atoms with Crippen LogP contribution >= 0.6 is 0 Å². The molecule has 0 aliphatic rings. The molecule has 2 nitrogen and oxygen atoms in total. The molecule has 0 spiro atoms. The van der Waals surface area contributed by atoms with Crippen molar-refractivity contribution in [2.75, 3.05) is 0 Å². The number of fused-ring (bicyclic) bond motifs is 1. The van der Waals surface area contributed by atoms with Crippen molar-refractivity contribution in [1.29, 1.82) is 0 Å². The standard InChI is InChI=1S/C14H19NO/c1-10-15-12-6-5-11(9-13(12)16-10)7-8-14(2,3)4/h5-6,9H,7-8H2,1-4H3. The molecular weight excluding hydrogens is 198 g/mol. The fraction of sp³-hybridized carbons (Fsp3) is 0.500. The Bertz CT molecular complexity index is 491. The van der Waals surface area contributed by atoms with E-state index in [4.69, 9.17) is 4.42 Å². The SMILES string of the molecule is Cc1nc2ccc(CCC(C)(C)C)cc2o1. The highest BCUT2D eigenvalue weighted by Gasteiger charge is 2.10. The van der Waals surface area contributed by atoms with Crippen molar-refractivity contribution >= 4 is 11.1 Å². The van der Waals surface area contributed by atoms with Crippen LogP contribution in [0.1, 0.15) is 38.6 Å². The lowest BCUT2D eigenvalue weighted by atomic mass is 9.89. The normalized spacial score (nSPS) is 12.2. The highest BCUT2D eigenvalue weighted by molar-refractivity contribution is 5.73. The van der Waals surface area contributed by atoms with Crippen molar-refractivity contribution in [2.45, 2.75) is 40.5 Å². The Balaban J connectivity index is 2.19. The van der Waals surface area contributed by atoms with E-state index in [1.807, 2.05) is 13.0 Å². The highest BCUT2D eigenvalue weighted by atomic mass is 16.3. The van der Waals surface area contributed by atoms with E-state index in [2.05, 4.69) is 37.9 Å². The molecule has 0 radical (unpaired) electrons. The number of hydrogen-bond acceptors (Lipinski definition) is 2. The van der Waals surface area contributed by atoms with E-state index >= 15 is 0 Å². The molecule has 2 rings (SSSR count). The van der Waals surface area contributed by atoms with Gasteiger partial charge < -0.3 is 4.42 Å². The molecule has 1 heterocycles. The average Bonchev–Trinajstić information content (AvgIpc) is 2.52. The molecule has 0 saturated heterocycles. The van der Waals surface area contributed by atoms with Crippen LogP contribution in [0.3, 0.4) is 0 Å². The van der Waals surface area contributed by atoms with Crippen molar-refractivity contribution in [3.8, 4) is 0 Å². The molecule has 0 fully saturated rings. The van der Waals surface area contributed by atoms with E-state index in [-0.39, 0.29) is 0 Å². The van der Waals surface area contributed by atoms with E-state index in [1.54, 1.807) is 0 Å². The first-order valence-electron chi connectivity index (χ1n) is 5.80. The molecule has 1 aromatic carbocycles. The van der Waals surface area contributed by atoms with Crippen LogP contribution in [-0.4, -0.2) is 4.98 Å². The maximum Gasteiger partial charge on any atom is 0.192 e. The zero-order valence-corrected chi connectivity index (χ0v) is 10.5. The van der Waals surface area contributed by atoms with Gasteiger partial charge in [-0.1, -0.05) is 26.8 Å². The summed E-state index contributed by atoms with van der Waals surface area (Å²) >= 11 is 0. The first-order chi connectivity index (χ1) is 7.44. The van der Waals surface area contributed by atoms with Gasteiger partial charge in [0.05, 0.1) is 0 Å². The van der Waals surface area contributed by atoms with Gasteiger partial charge in [0.15, 0.2) is 11.5 Å². The van der Waals surface area contributed by atoms with Crippen molar-refractivity contribution in [2.24, 2.45) is 5.41 Å². The molecule has 0 N–H and O–H groups in total. The van der Waals surface area contributed by atoms with E-state index in [1.165, 1.54) is 12.0 Å². The fourth-order valence-corrected chi connectivity index (χ4v) is 1.76. The highest BCUT2D eigenvalue weighted by Crippen LogP contribution is 2.23. The van der Waals surface area contributed by atoms with Crippen molar-refractivity contribution in [3.63, 3.8) is 0 Å². The molecule has 16 heavy (non-hydrogen) atoms. The minimum Gasteiger partial charge on any atom is -0.441 e. The van der Waals surface area contributed by atoms with Gasteiger partial charge in [-0.3, -0.25) is 0 Å². The number of aryl methyl sites for hydroxylation is 2. The van der Waals surface area contributed by atoms with Crippen LogP contribution in [0.15, 0.2) is 22.6 Å². The third-order valence-corrected chi connectivity index (χ3v) is 2.72. The van der Waals surface area contributed by atoms with Gasteiger partial charge in [0, 0.05) is 6.92 Å². The Labute approximate surface area is 96.7 Å². The van der Waals surface area contributed by atoms with Crippen molar-refractivity contribution < 1.29 is 4.42 Å². The van der Waals surface area contributed by atoms with Crippen molar-refractivity contribution in [3.05, 3.63) is 29.7 Å². The smallest absolute Gasteiger partial charge is 0.192 e. The molecule has 0 aliphatic carbocycles. The number of hydrogen-bond donors (Lipinski definition) is 0. The molecule has 0 aliphatic heterocycles. The lowest BCUT2D eigenvalue weighted by molar-refractivity contribution is 0.378. The van der Waals surface area contributed by atoms with Gasteiger partial charge in [0.25, 0.3) is 0 Å². The zero-order chi connectivity index (χ0) is 11.8. The zero-order valence-electron chi connectivity index (χ0n) is 10.5. The maximum absolute atomic E-state index is 5.53. The van der Waals surface area contributed by atoms with Crippen LogP contribution < -0.4 is 0 Å². The summed E-state index contributed by atoms with van der Waals surface area (Å²) in [6.45, 7) is 8.69. The predicted octanol–water partition coefficient (Wildman–Crippen LogP) is 4.11. The van der Waals surface area contributed by atoms with Crippen molar-refractivity contribution in [1.82, 2.24) is 4.98 Å². The van der Waals surface area contributed by atoms with Gasteiger partial charge >= 0.3 is 0 Å². The second-order valence-corrected chi connectivity index (χ2v) is 5.60. The molecule has 86 valence electrons. The lowest BCUT2D eigenvalue weighted by Crippen LogP contribution is -2.06. The first kappa shape index (κ1) is 11.2. The lowest BCUT2D eigenvalue weighted by Gasteiger charge is -2.17. The number of benzene rings is 1. The average molecular weight is 217 g/mol. The van der Waals surface area contributed by atoms with Gasteiger partial charge in [0.2, 0.25) is 0 Å². The van der Waals surface area contributed by atoms with Gasteiger partial charge in [-0.05, 0) is 36.0 Å². The summed E-state index contributed by atoms with van der Waals surface area (Å²) in [7, 11) is 0. The van der Waals surface area contributed by atoms with Gasteiger partial charge in [-0.25, -0.2) is 4.98 Å². The molecule has 2 aromatic rings. The second-order valence-electron chi connectivity index (χ2n) is 5.60. The molecule has 2 heteroatoms. The number of oxazole rings is 1. The Morgan fingerprint density at radius 1 is 1.25 bits per heavy atom. The summed E-state index contributed by atoms with van der Waals surface area (Å²) in [5.41, 5.74) is 3.58. The molecule has 1 aromatic heterocycles. The van der Waals surface area contributed by atoms with Gasteiger partial charge in [-0.15, -0.1) is 0 Å². The summed E-state index contributed by atoms with van der Waals surface area (Å²) in [4.78, 5) is 4.30. The minimum absolute atomic E-state index is 0.381. The first-order valence-corrected chi connectivity index (χ1v) is 5.80. The topological polar surface area (TPSA) is 26.0 Å². The monoisotopic (exact) mass is 217 g/mol.